The number of thiol groups is 1. The second-order valence-corrected chi connectivity index (χ2v) is 6.89. The van der Waals surface area contributed by atoms with E-state index in [1.807, 2.05) is 0 Å². The van der Waals surface area contributed by atoms with E-state index in [0.29, 0.717) is 32.3 Å². The highest BCUT2D eigenvalue weighted by Gasteiger charge is 2.31. The Hall–Kier alpha value is -2.17. The molecule has 0 bridgehead atoms. The van der Waals surface area contributed by atoms with Crippen LogP contribution in [0, 0.1) is 11.8 Å². The molecule has 138 valence electrons. The summed E-state index contributed by atoms with van der Waals surface area (Å²) in [5.74, 6) is 6.68. The zero-order valence-corrected chi connectivity index (χ0v) is 16.6. The minimum Gasteiger partial charge on any atom is -0.457 e. The highest BCUT2D eigenvalue weighted by molar-refractivity contribution is 7.80. The first kappa shape index (κ1) is 19.6. The normalized spacial score (nSPS) is 12.8. The van der Waals surface area contributed by atoms with Crippen LogP contribution in [0.3, 0.4) is 0 Å². The molecule has 0 radical (unpaired) electrons. The third-order valence-electron chi connectivity index (χ3n) is 3.74. The van der Waals surface area contributed by atoms with Crippen LogP contribution in [0.15, 0.2) is 53.9 Å². The van der Waals surface area contributed by atoms with Crippen molar-refractivity contribution in [3.05, 3.63) is 64.4 Å². The summed E-state index contributed by atoms with van der Waals surface area (Å²) in [6.45, 7) is 1.67. The summed E-state index contributed by atoms with van der Waals surface area (Å²) in [6.07, 6.45) is 1.35. The molecule has 0 aliphatic carbocycles. The van der Waals surface area contributed by atoms with Crippen LogP contribution in [-0.4, -0.2) is 19.9 Å². The molecule has 0 saturated carbocycles. The second kappa shape index (κ2) is 8.24. The summed E-state index contributed by atoms with van der Waals surface area (Å²) in [6, 6.07) is 12.0. The molecular formula is C19H15Cl2N3O2S. The molecule has 5 nitrogen and oxygen atoms in total. The minimum absolute atomic E-state index is 0.0315. The number of rotatable bonds is 5. The van der Waals surface area contributed by atoms with Gasteiger partial charge in [0.2, 0.25) is 0 Å². The van der Waals surface area contributed by atoms with E-state index >= 15 is 0 Å². The summed E-state index contributed by atoms with van der Waals surface area (Å²) in [5, 5.41) is 16.5. The number of halogens is 2. The largest absolute Gasteiger partial charge is 0.457 e. The van der Waals surface area contributed by atoms with Gasteiger partial charge in [0, 0.05) is 10.6 Å². The van der Waals surface area contributed by atoms with E-state index in [2.05, 4.69) is 34.6 Å². The maximum Gasteiger partial charge on any atom is 0.183 e. The summed E-state index contributed by atoms with van der Waals surface area (Å²) in [7, 11) is 0. The molecule has 1 unspecified atom stereocenters. The molecule has 0 saturated heterocycles. The van der Waals surface area contributed by atoms with Crippen LogP contribution in [0.2, 0.25) is 10.0 Å². The zero-order valence-electron chi connectivity index (χ0n) is 14.2. The summed E-state index contributed by atoms with van der Waals surface area (Å²) in [4.78, 5) is 3.94. The number of hydrogen-bond acceptors (Lipinski definition) is 5. The Morgan fingerprint density at radius 2 is 1.89 bits per heavy atom. The van der Waals surface area contributed by atoms with Gasteiger partial charge in [-0.1, -0.05) is 29.1 Å². The van der Waals surface area contributed by atoms with Crippen molar-refractivity contribution in [3.63, 3.8) is 0 Å². The first-order chi connectivity index (χ1) is 12.9. The molecule has 0 amide bonds. The van der Waals surface area contributed by atoms with Crippen LogP contribution in [0.25, 0.3) is 0 Å². The lowest BCUT2D eigenvalue weighted by atomic mass is 9.94. The van der Waals surface area contributed by atoms with Gasteiger partial charge >= 0.3 is 0 Å². The fourth-order valence-electron chi connectivity index (χ4n) is 2.52. The Morgan fingerprint density at radius 3 is 2.48 bits per heavy atom. The lowest BCUT2D eigenvalue weighted by Gasteiger charge is -2.24. The molecule has 3 rings (SSSR count). The van der Waals surface area contributed by atoms with Crippen LogP contribution in [-0.2, 0) is 12.1 Å². The van der Waals surface area contributed by atoms with Crippen molar-refractivity contribution < 1.29 is 9.84 Å². The van der Waals surface area contributed by atoms with E-state index in [0.717, 1.165) is 0 Å². The van der Waals surface area contributed by atoms with E-state index in [1.165, 1.54) is 11.0 Å². The maximum atomic E-state index is 11.1. The van der Waals surface area contributed by atoms with Gasteiger partial charge in [-0.2, -0.15) is 5.10 Å². The van der Waals surface area contributed by atoms with E-state index in [9.17, 15) is 5.11 Å². The molecule has 1 heterocycles. The Morgan fingerprint density at radius 1 is 1.19 bits per heavy atom. The fourth-order valence-corrected chi connectivity index (χ4v) is 3.15. The average molecular weight is 420 g/mol. The van der Waals surface area contributed by atoms with Gasteiger partial charge in [-0.15, -0.1) is 18.5 Å². The van der Waals surface area contributed by atoms with Crippen molar-refractivity contribution in [3.8, 4) is 23.3 Å². The smallest absolute Gasteiger partial charge is 0.183 e. The van der Waals surface area contributed by atoms with Gasteiger partial charge in [0.05, 0.1) is 11.6 Å². The highest BCUT2D eigenvalue weighted by Crippen LogP contribution is 2.34. The topological polar surface area (TPSA) is 60.2 Å². The molecule has 0 aliphatic heterocycles. The van der Waals surface area contributed by atoms with Crippen molar-refractivity contribution in [1.82, 2.24) is 14.8 Å². The lowest BCUT2D eigenvalue weighted by Crippen LogP contribution is -2.31. The van der Waals surface area contributed by atoms with Gasteiger partial charge in [-0.3, -0.25) is 0 Å². The number of nitrogens with zero attached hydrogens (tertiary/aromatic N) is 3. The Balaban J connectivity index is 1.90. The predicted molar refractivity (Wildman–Crippen MR) is 108 cm³/mol. The van der Waals surface area contributed by atoms with Gasteiger partial charge in [0.1, 0.15) is 17.8 Å². The molecule has 1 aromatic heterocycles. The molecule has 1 atom stereocenters. The van der Waals surface area contributed by atoms with Gasteiger partial charge in [-0.05, 0) is 49.4 Å². The summed E-state index contributed by atoms with van der Waals surface area (Å²) < 4.78 is 7.21. The van der Waals surface area contributed by atoms with E-state index in [4.69, 9.17) is 27.9 Å². The molecule has 0 aliphatic rings. The Bertz CT molecular complexity index is 1010. The van der Waals surface area contributed by atoms with Crippen molar-refractivity contribution >= 4 is 35.8 Å². The average Bonchev–Trinajstić information content (AvgIpc) is 3.01. The predicted octanol–water partition coefficient (Wildman–Crippen LogP) is 4.58. The fraction of sp³-hybridized carbons (Fsp3) is 0.158. The van der Waals surface area contributed by atoms with Crippen LogP contribution in [0.1, 0.15) is 12.5 Å². The molecule has 2 aromatic carbocycles. The third kappa shape index (κ3) is 4.57. The third-order valence-corrected chi connectivity index (χ3v) is 4.65. The maximum absolute atomic E-state index is 11.1. The SMILES string of the molecule is CC#CC(O)(Cn1ncnc1S)c1ccc(Oc2ccc(Cl)cc2)cc1Cl. The Kier molecular flexibility index (Phi) is 5.98. The quantitative estimate of drug-likeness (QED) is 0.469. The standard InChI is InChI=1S/C19H15Cl2N3O2S/c1-2-9-19(25,11-24-18(27)22-12-23-24)16-8-7-15(10-17(16)21)26-14-5-3-13(20)4-6-14/h3-8,10,12,25H,11H2,1H3,(H,22,23,27). The van der Waals surface area contributed by atoms with Crippen molar-refractivity contribution in [2.75, 3.05) is 0 Å². The van der Waals surface area contributed by atoms with E-state index < -0.39 is 5.60 Å². The van der Waals surface area contributed by atoms with Crippen LogP contribution < -0.4 is 4.74 Å². The molecule has 8 heteroatoms. The first-order valence-electron chi connectivity index (χ1n) is 7.88. The lowest BCUT2D eigenvalue weighted by molar-refractivity contribution is 0.0728. The number of aromatic nitrogens is 3. The minimum atomic E-state index is -1.56. The number of benzene rings is 2. The summed E-state index contributed by atoms with van der Waals surface area (Å²) >= 11 is 16.5. The van der Waals surface area contributed by atoms with Gasteiger partial charge in [-0.25, -0.2) is 9.67 Å². The van der Waals surface area contributed by atoms with Crippen LogP contribution in [0.4, 0.5) is 0 Å². The number of aliphatic hydroxyl groups is 1. The molecule has 1 N–H and O–H groups in total. The van der Waals surface area contributed by atoms with Crippen LogP contribution >= 0.6 is 35.8 Å². The molecule has 27 heavy (non-hydrogen) atoms. The zero-order chi connectivity index (χ0) is 19.4. The second-order valence-electron chi connectivity index (χ2n) is 5.65. The van der Waals surface area contributed by atoms with E-state index in [-0.39, 0.29) is 6.54 Å². The molecular weight excluding hydrogens is 405 g/mol. The summed E-state index contributed by atoms with van der Waals surface area (Å²) in [5.41, 5.74) is -1.12. The molecule has 3 aromatic rings. The van der Waals surface area contributed by atoms with Crippen molar-refractivity contribution in [1.29, 1.82) is 0 Å². The highest BCUT2D eigenvalue weighted by atomic mass is 35.5. The van der Waals surface area contributed by atoms with Crippen LogP contribution in [0.5, 0.6) is 11.5 Å². The van der Waals surface area contributed by atoms with Crippen molar-refractivity contribution in [2.45, 2.75) is 24.2 Å². The number of hydrogen-bond donors (Lipinski definition) is 2. The Labute approximate surface area is 172 Å². The van der Waals surface area contributed by atoms with Gasteiger partial charge in [0.25, 0.3) is 0 Å². The van der Waals surface area contributed by atoms with Gasteiger partial charge < -0.3 is 9.84 Å². The monoisotopic (exact) mass is 419 g/mol. The first-order valence-corrected chi connectivity index (χ1v) is 9.08. The molecule has 0 fully saturated rings. The molecule has 0 spiro atoms. The van der Waals surface area contributed by atoms with E-state index in [1.54, 1.807) is 49.4 Å². The van der Waals surface area contributed by atoms with Gasteiger partial charge in [0.15, 0.2) is 10.8 Å². The number of ether oxygens (including phenoxy) is 1. The van der Waals surface area contributed by atoms with Crippen molar-refractivity contribution in [2.24, 2.45) is 0 Å².